The zero-order valence-corrected chi connectivity index (χ0v) is 17.4. The van der Waals surface area contributed by atoms with Gasteiger partial charge in [0.1, 0.15) is 16.3 Å². The summed E-state index contributed by atoms with van der Waals surface area (Å²) in [5.74, 6) is 1.82. The number of anilines is 1. The molecular weight excluding hydrogens is 390 g/mol. The highest BCUT2D eigenvalue weighted by atomic mass is 32.2. The van der Waals surface area contributed by atoms with Gasteiger partial charge in [0.15, 0.2) is 11.6 Å². The molecular formula is C20H21N5OS2. The van der Waals surface area contributed by atoms with Crippen LogP contribution in [0.2, 0.25) is 0 Å². The van der Waals surface area contributed by atoms with Gasteiger partial charge in [0.05, 0.1) is 11.1 Å². The van der Waals surface area contributed by atoms with Gasteiger partial charge in [0.2, 0.25) is 4.21 Å². The van der Waals surface area contributed by atoms with Crippen LogP contribution in [0.1, 0.15) is 19.8 Å². The Hall–Kier alpha value is -2.42. The summed E-state index contributed by atoms with van der Waals surface area (Å²) in [6.45, 7) is 2.09. The molecule has 144 valence electrons. The van der Waals surface area contributed by atoms with E-state index in [2.05, 4.69) is 11.9 Å². The first-order valence-corrected chi connectivity index (χ1v) is 11.2. The first kappa shape index (κ1) is 18.9. The van der Waals surface area contributed by atoms with Crippen molar-refractivity contribution in [2.45, 2.75) is 24.0 Å². The molecule has 3 heterocycles. The average molecular weight is 412 g/mol. The fraction of sp³-hybridized carbons (Fsp3) is 0.250. The normalized spacial score (nSPS) is 12.5. The van der Waals surface area contributed by atoms with Crippen LogP contribution in [0.4, 0.5) is 5.69 Å². The second kappa shape index (κ2) is 7.90. The standard InChI is InChI=1S/C20H21N5OS2/c1-3-4-12-28(26)20-15(21)14-16(13-8-6-5-7-9-13)23-17(24-19(14)27-20)18-22-10-11-25(18)2/h5-11H,3-4,12,21H2,1-2H3/t28-/m0/s1. The van der Waals surface area contributed by atoms with E-state index < -0.39 is 11.2 Å². The Labute approximate surface area is 170 Å². The number of nitrogens with two attached hydrogens (primary N) is 1. The number of imidazole rings is 1. The lowest BCUT2D eigenvalue weighted by Gasteiger charge is -2.09. The first-order valence-electron chi connectivity index (χ1n) is 9.11. The van der Waals surface area contributed by atoms with Crippen molar-refractivity contribution in [3.05, 3.63) is 42.7 Å². The van der Waals surface area contributed by atoms with E-state index >= 15 is 0 Å². The lowest BCUT2D eigenvalue weighted by Crippen LogP contribution is -2.07. The summed E-state index contributed by atoms with van der Waals surface area (Å²) in [6.07, 6.45) is 5.48. The van der Waals surface area contributed by atoms with Crippen LogP contribution in [0.25, 0.3) is 33.1 Å². The van der Waals surface area contributed by atoms with Crippen LogP contribution in [0.5, 0.6) is 0 Å². The smallest absolute Gasteiger partial charge is 0.232 e. The SMILES string of the molecule is CCCC[S@+]([O-])c1sc2nc(-c3nccn3C)nc(-c3ccccc3)c2c1N. The Bertz CT molecular complexity index is 1110. The minimum atomic E-state index is -1.13. The van der Waals surface area contributed by atoms with E-state index in [9.17, 15) is 4.55 Å². The number of unbranched alkanes of at least 4 members (excludes halogenated alkanes) is 1. The number of rotatable bonds is 6. The van der Waals surface area contributed by atoms with Gasteiger partial charge in [-0.2, -0.15) is 0 Å². The quantitative estimate of drug-likeness (QED) is 0.479. The number of nitrogen functional groups attached to an aromatic ring is 1. The topological polar surface area (TPSA) is 92.7 Å². The molecule has 4 rings (SSSR count). The van der Waals surface area contributed by atoms with Gasteiger partial charge in [0.25, 0.3) is 0 Å². The Balaban J connectivity index is 1.95. The summed E-state index contributed by atoms with van der Waals surface area (Å²) >= 11 is 0.260. The van der Waals surface area contributed by atoms with Crippen LogP contribution in [0.3, 0.4) is 0 Å². The number of hydrogen-bond donors (Lipinski definition) is 1. The summed E-state index contributed by atoms with van der Waals surface area (Å²) in [6, 6.07) is 9.88. The molecule has 0 saturated heterocycles. The number of thiophene rings is 1. The molecule has 28 heavy (non-hydrogen) atoms. The third kappa shape index (κ3) is 3.39. The van der Waals surface area contributed by atoms with Gasteiger partial charge in [-0.25, -0.2) is 15.0 Å². The number of aryl methyl sites for hydroxylation is 1. The minimum absolute atomic E-state index is 0.527. The van der Waals surface area contributed by atoms with Crippen LogP contribution >= 0.6 is 11.3 Å². The molecule has 0 bridgehead atoms. The van der Waals surface area contributed by atoms with Gasteiger partial charge in [-0.1, -0.05) is 55.0 Å². The summed E-state index contributed by atoms with van der Waals surface area (Å²) < 4.78 is 15.4. The van der Waals surface area contributed by atoms with E-state index in [1.54, 1.807) is 6.20 Å². The highest BCUT2D eigenvalue weighted by molar-refractivity contribution is 7.93. The number of nitrogens with zero attached hydrogens (tertiary/aromatic N) is 4. The van der Waals surface area contributed by atoms with E-state index in [1.807, 2.05) is 48.1 Å². The fourth-order valence-electron chi connectivity index (χ4n) is 3.02. The maximum atomic E-state index is 12.8. The Morgan fingerprint density at radius 2 is 2.00 bits per heavy atom. The molecule has 0 spiro atoms. The molecule has 1 aromatic carbocycles. The van der Waals surface area contributed by atoms with E-state index in [0.29, 0.717) is 27.3 Å². The molecule has 8 heteroatoms. The minimum Gasteiger partial charge on any atom is -0.611 e. The Morgan fingerprint density at radius 1 is 1.21 bits per heavy atom. The lowest BCUT2D eigenvalue weighted by molar-refractivity contribution is 0.594. The molecule has 0 aliphatic rings. The Kier molecular flexibility index (Phi) is 5.34. The van der Waals surface area contributed by atoms with E-state index in [1.165, 1.54) is 11.3 Å². The largest absolute Gasteiger partial charge is 0.611 e. The van der Waals surface area contributed by atoms with Crippen molar-refractivity contribution in [1.82, 2.24) is 19.5 Å². The van der Waals surface area contributed by atoms with Crippen LogP contribution in [-0.2, 0) is 18.2 Å². The molecule has 0 radical (unpaired) electrons. The summed E-state index contributed by atoms with van der Waals surface area (Å²) in [4.78, 5) is 14.6. The fourth-order valence-corrected chi connectivity index (χ4v) is 5.80. The highest BCUT2D eigenvalue weighted by Gasteiger charge is 2.26. The van der Waals surface area contributed by atoms with Crippen LogP contribution < -0.4 is 5.73 Å². The predicted octanol–water partition coefficient (Wildman–Crippen LogP) is 4.25. The summed E-state index contributed by atoms with van der Waals surface area (Å²) in [5.41, 5.74) is 8.68. The molecule has 2 N–H and O–H groups in total. The van der Waals surface area contributed by atoms with Gasteiger partial charge in [-0.05, 0) is 17.6 Å². The zero-order chi connectivity index (χ0) is 19.7. The van der Waals surface area contributed by atoms with Crippen molar-refractivity contribution in [1.29, 1.82) is 0 Å². The van der Waals surface area contributed by atoms with Gasteiger partial charge in [-0.3, -0.25) is 0 Å². The predicted molar refractivity (Wildman–Crippen MR) is 116 cm³/mol. The third-order valence-electron chi connectivity index (χ3n) is 4.51. The number of hydrogen-bond acceptors (Lipinski definition) is 6. The monoisotopic (exact) mass is 411 g/mol. The molecule has 0 fully saturated rings. The second-order valence-electron chi connectivity index (χ2n) is 6.51. The maximum Gasteiger partial charge on any atom is 0.232 e. The molecule has 1 atom stereocenters. The van der Waals surface area contributed by atoms with Gasteiger partial charge < -0.3 is 14.9 Å². The van der Waals surface area contributed by atoms with Gasteiger partial charge in [-0.15, -0.1) is 0 Å². The summed E-state index contributed by atoms with van der Waals surface area (Å²) in [5, 5.41) is 0.772. The first-order chi connectivity index (χ1) is 13.6. The van der Waals surface area contributed by atoms with Crippen molar-refractivity contribution < 1.29 is 4.55 Å². The second-order valence-corrected chi connectivity index (χ2v) is 9.28. The van der Waals surface area contributed by atoms with Crippen molar-refractivity contribution in [2.24, 2.45) is 7.05 Å². The number of aromatic nitrogens is 4. The molecule has 0 aliphatic heterocycles. The summed E-state index contributed by atoms with van der Waals surface area (Å²) in [7, 11) is 1.91. The molecule has 4 aromatic rings. The zero-order valence-electron chi connectivity index (χ0n) is 15.8. The molecule has 0 saturated carbocycles. The average Bonchev–Trinajstić information content (AvgIpc) is 3.29. The van der Waals surface area contributed by atoms with Crippen molar-refractivity contribution in [3.8, 4) is 22.9 Å². The van der Waals surface area contributed by atoms with E-state index in [0.717, 1.165) is 34.3 Å². The van der Waals surface area contributed by atoms with Gasteiger partial charge >= 0.3 is 0 Å². The van der Waals surface area contributed by atoms with Crippen molar-refractivity contribution >= 4 is 38.4 Å². The highest BCUT2D eigenvalue weighted by Crippen LogP contribution is 2.42. The lowest BCUT2D eigenvalue weighted by atomic mass is 10.1. The van der Waals surface area contributed by atoms with Crippen LogP contribution in [-0.4, -0.2) is 29.8 Å². The van der Waals surface area contributed by atoms with E-state index in [4.69, 9.17) is 15.7 Å². The number of fused-ring (bicyclic) bond motifs is 1. The molecule has 6 nitrogen and oxygen atoms in total. The maximum absolute atomic E-state index is 12.8. The van der Waals surface area contributed by atoms with Crippen LogP contribution in [0, 0.1) is 0 Å². The molecule has 3 aromatic heterocycles. The van der Waals surface area contributed by atoms with Crippen molar-refractivity contribution in [2.75, 3.05) is 11.5 Å². The van der Waals surface area contributed by atoms with E-state index in [-0.39, 0.29) is 0 Å². The number of benzene rings is 1. The van der Waals surface area contributed by atoms with Crippen LogP contribution in [0.15, 0.2) is 46.9 Å². The van der Waals surface area contributed by atoms with Crippen molar-refractivity contribution in [3.63, 3.8) is 0 Å². The Morgan fingerprint density at radius 3 is 2.68 bits per heavy atom. The molecule has 0 aliphatic carbocycles. The molecule has 0 unspecified atom stereocenters. The third-order valence-corrected chi connectivity index (χ3v) is 7.51. The molecule has 0 amide bonds. The van der Waals surface area contributed by atoms with Gasteiger partial charge in [0, 0.05) is 25.0 Å².